The van der Waals surface area contributed by atoms with E-state index in [9.17, 15) is 8.42 Å². The molecule has 1 heterocycles. The second-order valence-corrected chi connectivity index (χ2v) is 8.58. The van der Waals surface area contributed by atoms with Crippen LogP contribution in [-0.4, -0.2) is 30.8 Å². The molecule has 6 heteroatoms. The fourth-order valence-electron chi connectivity index (χ4n) is 3.10. The summed E-state index contributed by atoms with van der Waals surface area (Å²) >= 11 is 0. The van der Waals surface area contributed by atoms with Crippen molar-refractivity contribution >= 4 is 10.0 Å². The first kappa shape index (κ1) is 16.4. The molecule has 1 unspecified atom stereocenters. The van der Waals surface area contributed by atoms with Crippen molar-refractivity contribution in [2.24, 2.45) is 0 Å². The molecule has 1 aliphatic heterocycles. The van der Waals surface area contributed by atoms with Crippen LogP contribution >= 0.6 is 0 Å². The topological polar surface area (TPSA) is 82.0 Å². The summed E-state index contributed by atoms with van der Waals surface area (Å²) in [5.74, 6) is 0. The van der Waals surface area contributed by atoms with Crippen LogP contribution in [0.3, 0.4) is 0 Å². The largest absolute Gasteiger partial charge is 0.307 e. The first-order valence-electron chi connectivity index (χ1n) is 6.71. The Balaban J connectivity index is 2.85. The molecule has 0 radical (unpaired) electrons. The molecule has 1 saturated heterocycles. The summed E-state index contributed by atoms with van der Waals surface area (Å²) in [6, 6.07) is 1.73. The Kier molecular flexibility index (Phi) is 4.66. The second-order valence-electron chi connectivity index (χ2n) is 6.69. The lowest BCUT2D eigenvalue weighted by molar-refractivity contribution is 0.156. The van der Waals surface area contributed by atoms with E-state index >= 15 is 0 Å². The third-order valence-electron chi connectivity index (χ3n) is 3.41. The smallest absolute Gasteiger partial charge is 0.228 e. The fourth-order valence-corrected chi connectivity index (χ4v) is 4.47. The molecule has 0 aromatic carbocycles. The van der Waals surface area contributed by atoms with Gasteiger partial charge >= 0.3 is 0 Å². The zero-order valence-electron chi connectivity index (χ0n) is 12.4. The zero-order valence-corrected chi connectivity index (χ0v) is 13.3. The summed E-state index contributed by atoms with van der Waals surface area (Å²) in [7, 11) is -3.56. The van der Waals surface area contributed by atoms with Gasteiger partial charge in [-0.15, -0.1) is 0 Å². The van der Waals surface area contributed by atoms with Crippen molar-refractivity contribution in [1.82, 2.24) is 10.0 Å². The van der Waals surface area contributed by atoms with Gasteiger partial charge in [-0.05, 0) is 47.0 Å². The van der Waals surface area contributed by atoms with Crippen LogP contribution in [0.1, 0.15) is 53.9 Å². The van der Waals surface area contributed by atoms with Crippen LogP contribution in [0.2, 0.25) is 0 Å². The predicted octanol–water partition coefficient (Wildman–Crippen LogP) is 1.52. The van der Waals surface area contributed by atoms with Gasteiger partial charge in [-0.3, -0.25) is 0 Å². The molecule has 0 aromatic heterocycles. The molecular weight excluding hydrogens is 262 g/mol. The van der Waals surface area contributed by atoms with Crippen LogP contribution in [0.15, 0.2) is 0 Å². The Labute approximate surface area is 116 Å². The highest BCUT2D eigenvalue weighted by molar-refractivity contribution is 7.90. The van der Waals surface area contributed by atoms with E-state index in [0.29, 0.717) is 6.42 Å². The third kappa shape index (κ3) is 4.44. The first-order chi connectivity index (χ1) is 8.51. The minimum atomic E-state index is -3.56. The predicted molar refractivity (Wildman–Crippen MR) is 76.1 cm³/mol. The Morgan fingerprint density at radius 1 is 1.32 bits per heavy atom. The highest BCUT2D eigenvalue weighted by Gasteiger charge is 2.40. The van der Waals surface area contributed by atoms with E-state index in [1.165, 1.54) is 0 Å². The van der Waals surface area contributed by atoms with Gasteiger partial charge in [-0.25, -0.2) is 13.1 Å². The van der Waals surface area contributed by atoms with E-state index in [2.05, 4.69) is 37.7 Å². The van der Waals surface area contributed by atoms with Crippen LogP contribution in [0.5, 0.6) is 0 Å². The lowest BCUT2D eigenvalue weighted by Gasteiger charge is -2.46. The highest BCUT2D eigenvalue weighted by Crippen LogP contribution is 2.29. The van der Waals surface area contributed by atoms with Crippen molar-refractivity contribution in [2.45, 2.75) is 76.3 Å². The van der Waals surface area contributed by atoms with Crippen molar-refractivity contribution in [3.63, 3.8) is 0 Å². The Morgan fingerprint density at radius 2 is 1.79 bits per heavy atom. The average molecular weight is 287 g/mol. The maximum atomic E-state index is 12.1. The van der Waals surface area contributed by atoms with E-state index in [1.807, 2.05) is 6.07 Å². The molecule has 0 saturated carbocycles. The highest BCUT2D eigenvalue weighted by atomic mass is 32.2. The number of nitrogens with zero attached hydrogens (tertiary/aromatic N) is 1. The molecule has 0 amide bonds. The van der Waals surface area contributed by atoms with E-state index < -0.39 is 15.3 Å². The molecule has 1 rings (SSSR count). The van der Waals surface area contributed by atoms with Crippen LogP contribution in [0, 0.1) is 11.3 Å². The minimum Gasteiger partial charge on any atom is -0.307 e. The van der Waals surface area contributed by atoms with Gasteiger partial charge in [0.15, 0.2) is 5.25 Å². The minimum absolute atomic E-state index is 0.122. The Hall–Kier alpha value is -0.640. The van der Waals surface area contributed by atoms with Gasteiger partial charge in [0.1, 0.15) is 0 Å². The lowest BCUT2D eigenvalue weighted by Crippen LogP contribution is -2.62. The lowest BCUT2D eigenvalue weighted by atomic mass is 9.80. The number of nitrogens with one attached hydrogen (secondary N) is 2. The Bertz CT molecular complexity index is 447. The van der Waals surface area contributed by atoms with E-state index in [4.69, 9.17) is 5.26 Å². The zero-order chi connectivity index (χ0) is 14.9. The van der Waals surface area contributed by atoms with Crippen LogP contribution in [0.25, 0.3) is 0 Å². The van der Waals surface area contributed by atoms with Crippen molar-refractivity contribution < 1.29 is 8.42 Å². The molecule has 2 N–H and O–H groups in total. The van der Waals surface area contributed by atoms with E-state index in [-0.39, 0.29) is 17.1 Å². The van der Waals surface area contributed by atoms with Crippen LogP contribution < -0.4 is 10.0 Å². The average Bonchev–Trinajstić information content (AvgIpc) is 2.11. The number of piperidine rings is 1. The molecule has 0 aromatic rings. The quantitative estimate of drug-likeness (QED) is 0.821. The van der Waals surface area contributed by atoms with Gasteiger partial charge in [-0.2, -0.15) is 5.26 Å². The summed E-state index contributed by atoms with van der Waals surface area (Å²) in [4.78, 5) is 0. The SMILES string of the molecule is CCC(C#N)S(=O)(=O)NC1CC(C)(C)NC(C)(C)C1. The number of sulfonamides is 1. The summed E-state index contributed by atoms with van der Waals surface area (Å²) in [6.07, 6.45) is 1.75. The molecule has 1 atom stereocenters. The molecular formula is C13H25N3O2S. The van der Waals surface area contributed by atoms with Gasteiger partial charge in [-0.1, -0.05) is 6.92 Å². The fraction of sp³-hybridized carbons (Fsp3) is 0.923. The molecule has 110 valence electrons. The Morgan fingerprint density at radius 3 is 2.16 bits per heavy atom. The number of hydrogen-bond acceptors (Lipinski definition) is 4. The van der Waals surface area contributed by atoms with Crippen molar-refractivity contribution in [3.8, 4) is 6.07 Å². The van der Waals surface area contributed by atoms with Gasteiger partial charge in [0.2, 0.25) is 10.0 Å². The normalized spacial score (nSPS) is 24.6. The van der Waals surface area contributed by atoms with Crippen LogP contribution in [0.4, 0.5) is 0 Å². The number of nitriles is 1. The van der Waals surface area contributed by atoms with Gasteiger partial charge in [0, 0.05) is 17.1 Å². The first-order valence-corrected chi connectivity index (χ1v) is 8.26. The molecule has 5 nitrogen and oxygen atoms in total. The molecule has 1 fully saturated rings. The summed E-state index contributed by atoms with van der Waals surface area (Å²) in [5, 5.41) is 11.5. The summed E-state index contributed by atoms with van der Waals surface area (Å²) in [6.45, 7) is 9.98. The number of rotatable bonds is 4. The summed E-state index contributed by atoms with van der Waals surface area (Å²) in [5.41, 5.74) is -0.243. The van der Waals surface area contributed by atoms with E-state index in [0.717, 1.165) is 12.8 Å². The maximum absolute atomic E-state index is 12.1. The molecule has 0 spiro atoms. The summed E-state index contributed by atoms with van der Waals surface area (Å²) < 4.78 is 27.0. The maximum Gasteiger partial charge on any atom is 0.228 e. The molecule has 0 bridgehead atoms. The number of hydrogen-bond donors (Lipinski definition) is 2. The third-order valence-corrected chi connectivity index (χ3v) is 5.26. The standard InChI is InChI=1S/C13H25N3O2S/c1-6-11(9-14)19(17,18)15-10-7-12(2,3)16-13(4,5)8-10/h10-11,15-16H,6-8H2,1-5H3. The molecule has 1 aliphatic rings. The van der Waals surface area contributed by atoms with Gasteiger partial charge < -0.3 is 5.32 Å². The monoisotopic (exact) mass is 287 g/mol. The molecule has 19 heavy (non-hydrogen) atoms. The van der Waals surface area contributed by atoms with Gasteiger partial charge in [0.25, 0.3) is 0 Å². The van der Waals surface area contributed by atoms with E-state index in [1.54, 1.807) is 6.92 Å². The molecule has 0 aliphatic carbocycles. The van der Waals surface area contributed by atoms with Crippen molar-refractivity contribution in [2.75, 3.05) is 0 Å². The van der Waals surface area contributed by atoms with Crippen molar-refractivity contribution in [1.29, 1.82) is 5.26 Å². The van der Waals surface area contributed by atoms with Gasteiger partial charge in [0.05, 0.1) is 6.07 Å². The second kappa shape index (κ2) is 5.39. The van der Waals surface area contributed by atoms with Crippen molar-refractivity contribution in [3.05, 3.63) is 0 Å². The van der Waals surface area contributed by atoms with Crippen LogP contribution in [-0.2, 0) is 10.0 Å².